The molecule has 0 N–H and O–H groups in total. The van der Waals surface area contributed by atoms with E-state index in [0.717, 1.165) is 0 Å². The molecule has 0 bridgehead atoms. The Balaban J connectivity index is 3.18. The summed E-state index contributed by atoms with van der Waals surface area (Å²) < 4.78 is 76.9. The lowest BCUT2D eigenvalue weighted by atomic mass is 9.93. The molecule has 1 saturated heterocycles. The molecule has 0 aromatic rings. The quantitative estimate of drug-likeness (QED) is 0.358. The summed E-state index contributed by atoms with van der Waals surface area (Å²) in [5.74, 6) is -4.97. The summed E-state index contributed by atoms with van der Waals surface area (Å²) in [7, 11) is 0. The summed E-state index contributed by atoms with van der Waals surface area (Å²) in [5, 5.41) is 0. The standard InChI is InChI=1S/C6H2F6O3/c7-1-2(8)5(9,6(10,11)12)4(14)15-3(1)13/h1-2H. The van der Waals surface area contributed by atoms with Gasteiger partial charge in [-0.25, -0.2) is 22.8 Å². The molecule has 3 nitrogen and oxygen atoms in total. The number of carbonyl (C=O) groups excluding carboxylic acids is 2. The van der Waals surface area contributed by atoms with Gasteiger partial charge in [0.2, 0.25) is 6.17 Å². The van der Waals surface area contributed by atoms with Crippen molar-refractivity contribution < 1.29 is 40.7 Å². The van der Waals surface area contributed by atoms with Gasteiger partial charge in [-0.2, -0.15) is 13.2 Å². The molecule has 1 heterocycles. The molecule has 1 rings (SSSR count). The zero-order chi connectivity index (χ0) is 12.0. The predicted octanol–water partition coefficient (Wildman–Crippen LogP) is 1.02. The van der Waals surface area contributed by atoms with Crippen LogP contribution in [0.15, 0.2) is 0 Å². The minimum atomic E-state index is -5.99. The first-order valence-electron chi connectivity index (χ1n) is 3.42. The Morgan fingerprint density at radius 3 is 2.07 bits per heavy atom. The van der Waals surface area contributed by atoms with Crippen LogP contribution in [0.25, 0.3) is 0 Å². The average molecular weight is 236 g/mol. The second kappa shape index (κ2) is 3.11. The van der Waals surface area contributed by atoms with Crippen LogP contribution in [0.3, 0.4) is 0 Å². The van der Waals surface area contributed by atoms with Crippen LogP contribution in [0.2, 0.25) is 0 Å². The van der Waals surface area contributed by atoms with E-state index < -0.39 is 36.1 Å². The fraction of sp³-hybridized carbons (Fsp3) is 0.667. The molecule has 0 aliphatic carbocycles. The molecule has 3 unspecified atom stereocenters. The lowest BCUT2D eigenvalue weighted by Gasteiger charge is -2.32. The van der Waals surface area contributed by atoms with Gasteiger partial charge < -0.3 is 4.74 Å². The Bertz CT molecular complexity index is 312. The van der Waals surface area contributed by atoms with Crippen molar-refractivity contribution in [3.05, 3.63) is 0 Å². The number of halogens is 6. The highest BCUT2D eigenvalue weighted by Crippen LogP contribution is 2.43. The number of ether oxygens (including phenoxy) is 1. The van der Waals surface area contributed by atoms with Crippen LogP contribution >= 0.6 is 0 Å². The van der Waals surface area contributed by atoms with Gasteiger partial charge in [-0.3, -0.25) is 0 Å². The van der Waals surface area contributed by atoms with Crippen LogP contribution in [-0.4, -0.2) is 36.1 Å². The minimum absolute atomic E-state index is 2.18. The van der Waals surface area contributed by atoms with E-state index >= 15 is 0 Å². The van der Waals surface area contributed by atoms with E-state index in [1.165, 1.54) is 0 Å². The number of cyclic esters (lactones) is 2. The molecule has 1 fully saturated rings. The van der Waals surface area contributed by atoms with Gasteiger partial charge in [0.05, 0.1) is 0 Å². The number of rotatable bonds is 0. The molecular weight excluding hydrogens is 234 g/mol. The fourth-order valence-corrected chi connectivity index (χ4v) is 0.928. The Morgan fingerprint density at radius 1 is 1.20 bits per heavy atom. The Labute approximate surface area is 78.0 Å². The van der Waals surface area contributed by atoms with Gasteiger partial charge >= 0.3 is 23.8 Å². The molecule has 0 amide bonds. The van der Waals surface area contributed by atoms with Crippen LogP contribution < -0.4 is 0 Å². The van der Waals surface area contributed by atoms with Crippen molar-refractivity contribution in [3.63, 3.8) is 0 Å². The van der Waals surface area contributed by atoms with Gasteiger partial charge in [0.15, 0.2) is 6.17 Å². The van der Waals surface area contributed by atoms with E-state index in [1.807, 2.05) is 0 Å². The number of carbonyl (C=O) groups is 2. The minimum Gasteiger partial charge on any atom is -0.388 e. The first kappa shape index (κ1) is 11.8. The van der Waals surface area contributed by atoms with Crippen LogP contribution in [0.5, 0.6) is 0 Å². The summed E-state index contributed by atoms with van der Waals surface area (Å²) in [4.78, 5) is 20.6. The van der Waals surface area contributed by atoms with Gasteiger partial charge in [0.25, 0.3) is 0 Å². The lowest BCUT2D eigenvalue weighted by molar-refractivity contribution is -0.267. The zero-order valence-corrected chi connectivity index (χ0v) is 6.65. The zero-order valence-electron chi connectivity index (χ0n) is 6.65. The van der Waals surface area contributed by atoms with Crippen molar-refractivity contribution in [1.29, 1.82) is 0 Å². The van der Waals surface area contributed by atoms with Crippen molar-refractivity contribution >= 4 is 11.9 Å². The Hall–Kier alpha value is -1.28. The highest BCUT2D eigenvalue weighted by molar-refractivity contribution is 5.97. The van der Waals surface area contributed by atoms with Gasteiger partial charge in [0.1, 0.15) is 0 Å². The monoisotopic (exact) mass is 236 g/mol. The molecule has 0 aromatic heterocycles. The van der Waals surface area contributed by atoms with Crippen molar-refractivity contribution in [2.24, 2.45) is 0 Å². The van der Waals surface area contributed by atoms with Crippen molar-refractivity contribution in [2.45, 2.75) is 24.2 Å². The third-order valence-electron chi connectivity index (χ3n) is 1.77. The molecule has 86 valence electrons. The van der Waals surface area contributed by atoms with Crippen molar-refractivity contribution in [1.82, 2.24) is 0 Å². The number of hydrogen-bond donors (Lipinski definition) is 0. The largest absolute Gasteiger partial charge is 0.436 e. The van der Waals surface area contributed by atoms with Gasteiger partial charge in [-0.05, 0) is 0 Å². The lowest BCUT2D eigenvalue weighted by Crippen LogP contribution is -2.64. The van der Waals surface area contributed by atoms with E-state index in [1.54, 1.807) is 0 Å². The highest BCUT2D eigenvalue weighted by atomic mass is 19.4. The topological polar surface area (TPSA) is 43.4 Å². The third-order valence-corrected chi connectivity index (χ3v) is 1.77. The maximum absolute atomic E-state index is 12.9. The molecule has 0 radical (unpaired) electrons. The first-order valence-corrected chi connectivity index (χ1v) is 3.42. The normalized spacial score (nSPS) is 37.7. The number of esters is 2. The molecule has 9 heteroatoms. The van der Waals surface area contributed by atoms with Crippen LogP contribution in [0.1, 0.15) is 0 Å². The van der Waals surface area contributed by atoms with E-state index in [-0.39, 0.29) is 0 Å². The van der Waals surface area contributed by atoms with Gasteiger partial charge in [-0.15, -0.1) is 0 Å². The second-order valence-electron chi connectivity index (χ2n) is 2.72. The number of hydrogen-bond acceptors (Lipinski definition) is 3. The Morgan fingerprint density at radius 2 is 1.67 bits per heavy atom. The fourth-order valence-electron chi connectivity index (χ4n) is 0.928. The summed E-state index contributed by atoms with van der Waals surface area (Å²) in [6.45, 7) is 0. The van der Waals surface area contributed by atoms with Crippen LogP contribution in [0.4, 0.5) is 26.3 Å². The van der Waals surface area contributed by atoms with Crippen LogP contribution in [0, 0.1) is 0 Å². The van der Waals surface area contributed by atoms with Gasteiger partial charge in [0, 0.05) is 0 Å². The summed E-state index contributed by atoms with van der Waals surface area (Å²) in [6.07, 6.45) is -13.4. The molecule has 15 heavy (non-hydrogen) atoms. The van der Waals surface area contributed by atoms with Crippen molar-refractivity contribution in [2.75, 3.05) is 0 Å². The summed E-state index contributed by atoms with van der Waals surface area (Å²) >= 11 is 0. The maximum atomic E-state index is 12.9. The van der Waals surface area contributed by atoms with Gasteiger partial charge in [-0.1, -0.05) is 0 Å². The van der Waals surface area contributed by atoms with Crippen molar-refractivity contribution in [3.8, 4) is 0 Å². The van der Waals surface area contributed by atoms with E-state index in [4.69, 9.17) is 0 Å². The molecule has 0 saturated carbocycles. The second-order valence-corrected chi connectivity index (χ2v) is 2.72. The summed E-state index contributed by atoms with van der Waals surface area (Å²) in [6, 6.07) is 0. The molecule has 1 aliphatic heterocycles. The Kier molecular flexibility index (Phi) is 2.44. The van der Waals surface area contributed by atoms with E-state index in [9.17, 15) is 35.9 Å². The van der Waals surface area contributed by atoms with Crippen LogP contribution in [-0.2, 0) is 14.3 Å². The molecule has 0 aromatic carbocycles. The SMILES string of the molecule is O=C1OC(=O)C(F)(C(F)(F)F)C(F)C1F. The highest BCUT2D eigenvalue weighted by Gasteiger charge is 2.74. The third kappa shape index (κ3) is 1.45. The van der Waals surface area contributed by atoms with E-state index in [2.05, 4.69) is 4.74 Å². The molecule has 1 aliphatic rings. The molecular formula is C6H2F6O3. The smallest absolute Gasteiger partial charge is 0.388 e. The average Bonchev–Trinajstić information content (AvgIpc) is 2.09. The summed E-state index contributed by atoms with van der Waals surface area (Å²) in [5.41, 5.74) is -5.14. The molecule has 0 spiro atoms. The molecule has 3 atom stereocenters. The maximum Gasteiger partial charge on any atom is 0.436 e. The first-order chi connectivity index (χ1) is 6.62. The number of alkyl halides is 6. The predicted molar refractivity (Wildman–Crippen MR) is 30.8 cm³/mol. The van der Waals surface area contributed by atoms with E-state index in [0.29, 0.717) is 0 Å².